The lowest BCUT2D eigenvalue weighted by molar-refractivity contribution is -0.316. The van der Waals surface area contributed by atoms with E-state index in [1.165, 1.54) is 0 Å². The van der Waals surface area contributed by atoms with Gasteiger partial charge >= 0.3 is 0 Å². The largest absolute Gasteiger partial charge is 0.381 e. The van der Waals surface area contributed by atoms with Gasteiger partial charge in [-0.25, -0.2) is 0 Å². The van der Waals surface area contributed by atoms with Gasteiger partial charge in [0.15, 0.2) is 5.56 Å². The summed E-state index contributed by atoms with van der Waals surface area (Å²) in [6.07, 6.45) is 2.97. The van der Waals surface area contributed by atoms with Crippen LogP contribution in [0.25, 0.3) is 0 Å². The second-order valence-electron chi connectivity index (χ2n) is 6.84. The molecule has 0 spiro atoms. The van der Waals surface area contributed by atoms with Crippen LogP contribution in [0.3, 0.4) is 0 Å². The maximum Gasteiger partial charge on any atom is 0.159 e. The van der Waals surface area contributed by atoms with Crippen LogP contribution in [0.4, 0.5) is 0 Å². The number of alkyl halides is 1. The molecule has 2 rings (SSSR count). The van der Waals surface area contributed by atoms with Gasteiger partial charge in [0.05, 0.1) is 12.7 Å². The van der Waals surface area contributed by atoms with Crippen LogP contribution >= 0.6 is 11.6 Å². The summed E-state index contributed by atoms with van der Waals surface area (Å²) in [6, 6.07) is 0. The van der Waals surface area contributed by atoms with E-state index in [0.29, 0.717) is 6.61 Å². The van der Waals surface area contributed by atoms with Gasteiger partial charge in [-0.1, -0.05) is 11.6 Å². The SMILES string of the molecule is COC1CC(C)(C)N(OC2CCOC2Cl)C(C)(C)C1. The van der Waals surface area contributed by atoms with Crippen LogP contribution < -0.4 is 0 Å². The standard InChI is InChI=1S/C14H26ClNO3/c1-13(2)8-10(17-5)9-14(3,4)16(13)19-11-6-7-18-12(11)15/h10-12H,6-9H2,1-5H3. The number of methoxy groups -OCH3 is 1. The highest BCUT2D eigenvalue weighted by Gasteiger charge is 2.48. The van der Waals surface area contributed by atoms with E-state index in [9.17, 15) is 0 Å². The Hall–Kier alpha value is 0.130. The molecule has 0 aromatic carbocycles. The first-order valence-corrected chi connectivity index (χ1v) is 7.45. The minimum atomic E-state index is -0.341. The Morgan fingerprint density at radius 3 is 2.16 bits per heavy atom. The Balaban J connectivity index is 2.12. The average molecular weight is 292 g/mol. The second-order valence-corrected chi connectivity index (χ2v) is 7.27. The van der Waals surface area contributed by atoms with Gasteiger partial charge in [-0.15, -0.1) is 0 Å². The Bertz CT molecular complexity index is 304. The molecule has 0 saturated carbocycles. The van der Waals surface area contributed by atoms with E-state index in [-0.39, 0.29) is 28.8 Å². The lowest BCUT2D eigenvalue weighted by Gasteiger charge is -2.54. The molecule has 0 N–H and O–H groups in total. The number of ether oxygens (including phenoxy) is 2. The number of hydrogen-bond donors (Lipinski definition) is 0. The lowest BCUT2D eigenvalue weighted by atomic mass is 9.80. The molecule has 4 nitrogen and oxygen atoms in total. The van der Waals surface area contributed by atoms with Crippen LogP contribution in [0.5, 0.6) is 0 Å². The van der Waals surface area contributed by atoms with Crippen LogP contribution in [0.15, 0.2) is 0 Å². The van der Waals surface area contributed by atoms with Crippen LogP contribution in [0, 0.1) is 0 Å². The van der Waals surface area contributed by atoms with Crippen molar-refractivity contribution in [3.8, 4) is 0 Å². The first kappa shape index (κ1) is 15.5. The smallest absolute Gasteiger partial charge is 0.159 e. The normalized spacial score (nSPS) is 35.7. The maximum atomic E-state index is 6.21. The average Bonchev–Trinajstić information content (AvgIpc) is 2.68. The number of halogens is 1. The third-order valence-electron chi connectivity index (χ3n) is 4.10. The van der Waals surface area contributed by atoms with Crippen molar-refractivity contribution in [2.75, 3.05) is 13.7 Å². The van der Waals surface area contributed by atoms with Crippen molar-refractivity contribution >= 4 is 11.6 Å². The summed E-state index contributed by atoms with van der Waals surface area (Å²) in [6.45, 7) is 9.45. The van der Waals surface area contributed by atoms with Gasteiger partial charge in [-0.05, 0) is 40.5 Å². The molecule has 2 aliphatic heterocycles. The van der Waals surface area contributed by atoms with Crippen molar-refractivity contribution in [1.29, 1.82) is 0 Å². The quantitative estimate of drug-likeness (QED) is 0.748. The molecule has 2 saturated heterocycles. The maximum absolute atomic E-state index is 6.21. The molecule has 2 fully saturated rings. The minimum absolute atomic E-state index is 0.0562. The van der Waals surface area contributed by atoms with Crippen molar-refractivity contribution in [3.05, 3.63) is 0 Å². The minimum Gasteiger partial charge on any atom is -0.381 e. The first-order valence-electron chi connectivity index (χ1n) is 7.02. The number of hydroxylamine groups is 2. The Kier molecular flexibility index (Phi) is 4.48. The molecule has 0 radical (unpaired) electrons. The summed E-state index contributed by atoms with van der Waals surface area (Å²) in [5.74, 6) is 0. The fourth-order valence-corrected chi connectivity index (χ4v) is 3.66. The third-order valence-corrected chi connectivity index (χ3v) is 4.51. The van der Waals surface area contributed by atoms with Gasteiger partial charge in [0.2, 0.25) is 0 Å². The first-order chi connectivity index (χ1) is 8.76. The zero-order valence-electron chi connectivity index (χ0n) is 12.6. The molecule has 19 heavy (non-hydrogen) atoms. The van der Waals surface area contributed by atoms with Gasteiger partial charge in [0.1, 0.15) is 6.10 Å². The van der Waals surface area contributed by atoms with Gasteiger partial charge in [0.25, 0.3) is 0 Å². The number of piperidine rings is 1. The van der Waals surface area contributed by atoms with Crippen LogP contribution in [0.1, 0.15) is 47.0 Å². The monoisotopic (exact) mass is 291 g/mol. The molecule has 0 aromatic heterocycles. The van der Waals surface area contributed by atoms with Crippen molar-refractivity contribution in [2.45, 2.75) is 75.8 Å². The van der Waals surface area contributed by atoms with Crippen molar-refractivity contribution in [1.82, 2.24) is 5.06 Å². The second kappa shape index (κ2) is 5.49. The molecule has 0 amide bonds. The zero-order valence-corrected chi connectivity index (χ0v) is 13.4. The molecule has 0 aromatic rings. The summed E-state index contributed by atoms with van der Waals surface area (Å²) >= 11 is 6.14. The van der Waals surface area contributed by atoms with E-state index in [0.717, 1.165) is 19.3 Å². The molecule has 2 atom stereocenters. The van der Waals surface area contributed by atoms with Crippen molar-refractivity contribution < 1.29 is 14.3 Å². The van der Waals surface area contributed by atoms with E-state index in [4.69, 9.17) is 25.9 Å². The predicted octanol–water partition coefficient (Wildman–Crippen LogP) is 2.94. The summed E-state index contributed by atoms with van der Waals surface area (Å²) in [7, 11) is 1.78. The fourth-order valence-electron chi connectivity index (χ4n) is 3.39. The van der Waals surface area contributed by atoms with E-state index in [1.807, 2.05) is 0 Å². The summed E-state index contributed by atoms with van der Waals surface area (Å²) in [5.41, 5.74) is -0.504. The van der Waals surface area contributed by atoms with Gasteiger partial charge in [-0.3, -0.25) is 4.84 Å². The van der Waals surface area contributed by atoms with Crippen LogP contribution in [0.2, 0.25) is 0 Å². The predicted molar refractivity (Wildman–Crippen MR) is 75.1 cm³/mol. The molecule has 2 unspecified atom stereocenters. The van der Waals surface area contributed by atoms with Crippen LogP contribution in [-0.4, -0.2) is 47.6 Å². The summed E-state index contributed by atoms with van der Waals surface area (Å²) < 4.78 is 10.9. The number of rotatable bonds is 3. The number of nitrogens with zero attached hydrogens (tertiary/aromatic N) is 1. The fraction of sp³-hybridized carbons (Fsp3) is 1.00. The molecule has 112 valence electrons. The van der Waals surface area contributed by atoms with E-state index in [2.05, 4.69) is 32.8 Å². The number of hydrogen-bond acceptors (Lipinski definition) is 4. The summed E-state index contributed by atoms with van der Waals surface area (Å²) in [4.78, 5) is 6.21. The van der Waals surface area contributed by atoms with Crippen LogP contribution in [-0.2, 0) is 14.3 Å². The highest BCUT2D eigenvalue weighted by molar-refractivity contribution is 6.20. The third kappa shape index (κ3) is 3.24. The zero-order chi connectivity index (χ0) is 14.3. The van der Waals surface area contributed by atoms with Gasteiger partial charge in [0, 0.05) is 24.6 Å². The van der Waals surface area contributed by atoms with Crippen molar-refractivity contribution in [2.24, 2.45) is 0 Å². The molecule has 2 heterocycles. The Labute approximate surface area is 121 Å². The van der Waals surface area contributed by atoms with Gasteiger partial charge in [-0.2, -0.15) is 5.06 Å². The van der Waals surface area contributed by atoms with Crippen molar-refractivity contribution in [3.63, 3.8) is 0 Å². The van der Waals surface area contributed by atoms with E-state index >= 15 is 0 Å². The molecular weight excluding hydrogens is 266 g/mol. The lowest BCUT2D eigenvalue weighted by Crippen LogP contribution is -2.62. The van der Waals surface area contributed by atoms with E-state index < -0.39 is 0 Å². The Morgan fingerprint density at radius 1 is 1.16 bits per heavy atom. The molecule has 0 aliphatic carbocycles. The molecular formula is C14H26ClNO3. The highest BCUT2D eigenvalue weighted by Crippen LogP contribution is 2.41. The summed E-state index contributed by atoms with van der Waals surface area (Å²) in [5, 5.41) is 2.12. The Morgan fingerprint density at radius 2 is 1.74 bits per heavy atom. The highest BCUT2D eigenvalue weighted by atomic mass is 35.5. The molecule has 5 heteroatoms. The van der Waals surface area contributed by atoms with Gasteiger partial charge < -0.3 is 9.47 Å². The van der Waals surface area contributed by atoms with E-state index in [1.54, 1.807) is 7.11 Å². The molecule has 0 bridgehead atoms. The molecule has 2 aliphatic rings. The topological polar surface area (TPSA) is 30.9 Å².